The van der Waals surface area contributed by atoms with E-state index in [1.165, 1.54) is 0 Å². The van der Waals surface area contributed by atoms with E-state index in [-0.39, 0.29) is 11.9 Å². The zero-order valence-electron chi connectivity index (χ0n) is 11.1. The number of allylic oxidation sites excluding steroid dienone is 3. The molecule has 0 spiro atoms. The van der Waals surface area contributed by atoms with E-state index in [4.69, 9.17) is 4.74 Å². The van der Waals surface area contributed by atoms with E-state index >= 15 is 0 Å². The molecule has 0 heterocycles. The van der Waals surface area contributed by atoms with E-state index in [0.29, 0.717) is 12.3 Å². The average Bonchev–Trinajstić information content (AvgIpc) is 2.38. The zero-order valence-corrected chi connectivity index (χ0v) is 11.1. The molecule has 2 unspecified atom stereocenters. The van der Waals surface area contributed by atoms with Crippen molar-refractivity contribution in [2.45, 2.75) is 38.7 Å². The number of carbonyl (C=O) groups excluding carboxylic acids is 1. The number of nitrogens with one attached hydrogen (secondary N) is 1. The van der Waals surface area contributed by atoms with Gasteiger partial charge in [-0.05, 0) is 31.3 Å². The maximum atomic E-state index is 12.0. The molecule has 0 bridgehead atoms. The first-order valence-electron chi connectivity index (χ1n) is 6.60. The Balaban J connectivity index is 2.06. The average molecular weight is 247 g/mol. The Labute approximate surface area is 109 Å². The zero-order chi connectivity index (χ0) is 13.0. The molecule has 2 atom stereocenters. The standard InChI is InChI=1S/C15H21NO2/c1-11-8-14(17)13(15(9-11)18-2)10-16-12-6-4-3-5-7-12/h4,6-7,10-11,15-16H,3,5,8-9H2,1-2H3/b13-10+. The van der Waals surface area contributed by atoms with Gasteiger partial charge in [0.05, 0.1) is 6.10 Å². The number of methoxy groups -OCH3 is 1. The summed E-state index contributed by atoms with van der Waals surface area (Å²) >= 11 is 0. The Morgan fingerprint density at radius 3 is 2.94 bits per heavy atom. The normalized spacial score (nSPS) is 30.4. The number of carbonyl (C=O) groups is 1. The molecule has 0 radical (unpaired) electrons. The van der Waals surface area contributed by atoms with Gasteiger partial charge in [-0.3, -0.25) is 4.79 Å². The van der Waals surface area contributed by atoms with Crippen LogP contribution in [0.15, 0.2) is 35.7 Å². The smallest absolute Gasteiger partial charge is 0.163 e. The summed E-state index contributed by atoms with van der Waals surface area (Å²) in [5, 5.41) is 3.21. The van der Waals surface area contributed by atoms with Crippen LogP contribution < -0.4 is 5.32 Å². The predicted molar refractivity (Wildman–Crippen MR) is 71.9 cm³/mol. The highest BCUT2D eigenvalue weighted by molar-refractivity contribution is 5.97. The highest BCUT2D eigenvalue weighted by Gasteiger charge is 2.29. The largest absolute Gasteiger partial charge is 0.377 e. The van der Waals surface area contributed by atoms with Gasteiger partial charge in [0.25, 0.3) is 0 Å². The van der Waals surface area contributed by atoms with Crippen LogP contribution in [0.1, 0.15) is 32.6 Å². The molecule has 0 amide bonds. The second-order valence-electron chi connectivity index (χ2n) is 5.08. The van der Waals surface area contributed by atoms with Gasteiger partial charge in [0.15, 0.2) is 5.78 Å². The molecular weight excluding hydrogens is 226 g/mol. The van der Waals surface area contributed by atoms with Gasteiger partial charge in [-0.2, -0.15) is 0 Å². The summed E-state index contributed by atoms with van der Waals surface area (Å²) < 4.78 is 5.42. The maximum absolute atomic E-state index is 12.0. The number of ether oxygens (including phenoxy) is 1. The van der Waals surface area contributed by atoms with Crippen molar-refractivity contribution in [3.8, 4) is 0 Å². The first-order chi connectivity index (χ1) is 8.70. The lowest BCUT2D eigenvalue weighted by Gasteiger charge is -2.27. The summed E-state index contributed by atoms with van der Waals surface area (Å²) in [6, 6.07) is 0. The molecule has 0 aromatic carbocycles. The minimum absolute atomic E-state index is 0.0677. The van der Waals surface area contributed by atoms with Gasteiger partial charge in [-0.15, -0.1) is 0 Å². The van der Waals surface area contributed by atoms with Crippen LogP contribution in [0, 0.1) is 5.92 Å². The third-order valence-electron chi connectivity index (χ3n) is 3.49. The molecule has 0 aromatic heterocycles. The third kappa shape index (κ3) is 3.10. The van der Waals surface area contributed by atoms with E-state index < -0.39 is 0 Å². The Hall–Kier alpha value is -1.35. The molecule has 2 rings (SSSR count). The Morgan fingerprint density at radius 1 is 1.44 bits per heavy atom. The van der Waals surface area contributed by atoms with Gasteiger partial charge < -0.3 is 10.1 Å². The van der Waals surface area contributed by atoms with Crippen LogP contribution in [0.4, 0.5) is 0 Å². The lowest BCUT2D eigenvalue weighted by atomic mass is 9.84. The molecule has 0 aromatic rings. The lowest BCUT2D eigenvalue weighted by molar-refractivity contribution is -0.119. The molecule has 18 heavy (non-hydrogen) atoms. The Bertz CT molecular complexity index is 407. The monoisotopic (exact) mass is 247 g/mol. The molecule has 1 N–H and O–H groups in total. The minimum atomic E-state index is -0.0677. The van der Waals surface area contributed by atoms with Crippen LogP contribution in [0.2, 0.25) is 0 Å². The lowest BCUT2D eigenvalue weighted by Crippen LogP contribution is -2.31. The first kappa shape index (κ1) is 13.1. The summed E-state index contributed by atoms with van der Waals surface area (Å²) in [4.78, 5) is 12.0. The molecule has 0 aliphatic heterocycles. The molecular formula is C15H21NO2. The number of Topliss-reactive ketones (excluding diaryl/α,β-unsaturated/α-hetero) is 1. The number of rotatable bonds is 3. The van der Waals surface area contributed by atoms with Gasteiger partial charge in [0.2, 0.25) is 0 Å². The highest BCUT2D eigenvalue weighted by Crippen LogP contribution is 2.27. The summed E-state index contributed by atoms with van der Waals surface area (Å²) in [7, 11) is 1.67. The van der Waals surface area contributed by atoms with Crippen LogP contribution in [-0.4, -0.2) is 19.0 Å². The number of hydrogen-bond donors (Lipinski definition) is 1. The Kier molecular flexibility index (Phi) is 4.37. The van der Waals surface area contributed by atoms with E-state index in [1.54, 1.807) is 7.11 Å². The topological polar surface area (TPSA) is 38.3 Å². The molecule has 2 aliphatic carbocycles. The van der Waals surface area contributed by atoms with Gasteiger partial charge >= 0.3 is 0 Å². The first-order valence-corrected chi connectivity index (χ1v) is 6.60. The van der Waals surface area contributed by atoms with E-state index in [0.717, 1.165) is 30.5 Å². The van der Waals surface area contributed by atoms with Crippen LogP contribution in [0.3, 0.4) is 0 Å². The molecule has 2 aliphatic rings. The highest BCUT2D eigenvalue weighted by atomic mass is 16.5. The number of hydrogen-bond acceptors (Lipinski definition) is 3. The van der Waals surface area contributed by atoms with E-state index in [1.807, 2.05) is 6.20 Å². The van der Waals surface area contributed by atoms with Crippen LogP contribution in [0.5, 0.6) is 0 Å². The summed E-state index contributed by atoms with van der Waals surface area (Å²) in [5.41, 5.74) is 1.84. The SMILES string of the molecule is COC1CC(C)CC(=O)/C1=C\NC1=CCCC=C1. The van der Waals surface area contributed by atoms with Gasteiger partial charge in [-0.1, -0.05) is 19.1 Å². The minimum Gasteiger partial charge on any atom is -0.377 e. The molecule has 98 valence electrons. The van der Waals surface area contributed by atoms with Crippen molar-refractivity contribution in [3.05, 3.63) is 35.7 Å². The van der Waals surface area contributed by atoms with Crippen molar-refractivity contribution in [3.63, 3.8) is 0 Å². The van der Waals surface area contributed by atoms with Crippen molar-refractivity contribution >= 4 is 5.78 Å². The molecule has 1 saturated carbocycles. The second kappa shape index (κ2) is 6.01. The quantitative estimate of drug-likeness (QED) is 0.779. The fraction of sp³-hybridized carbons (Fsp3) is 0.533. The van der Waals surface area contributed by atoms with Gasteiger partial charge in [0.1, 0.15) is 0 Å². The summed E-state index contributed by atoms with van der Waals surface area (Å²) in [5.74, 6) is 0.613. The summed E-state index contributed by atoms with van der Waals surface area (Å²) in [6.45, 7) is 2.10. The molecule has 3 heteroatoms. The fourth-order valence-electron chi connectivity index (χ4n) is 2.47. The fourth-order valence-corrected chi connectivity index (χ4v) is 2.47. The molecule has 0 saturated heterocycles. The van der Waals surface area contributed by atoms with E-state index in [9.17, 15) is 4.79 Å². The molecule has 3 nitrogen and oxygen atoms in total. The predicted octanol–water partition coefficient (Wildman–Crippen LogP) is 2.71. The third-order valence-corrected chi connectivity index (χ3v) is 3.49. The van der Waals surface area contributed by atoms with Crippen molar-refractivity contribution in [1.82, 2.24) is 5.32 Å². The maximum Gasteiger partial charge on any atom is 0.163 e. The number of ketones is 1. The van der Waals surface area contributed by atoms with Crippen molar-refractivity contribution in [1.29, 1.82) is 0 Å². The van der Waals surface area contributed by atoms with Crippen LogP contribution >= 0.6 is 0 Å². The van der Waals surface area contributed by atoms with E-state index in [2.05, 4.69) is 30.5 Å². The van der Waals surface area contributed by atoms with Crippen molar-refractivity contribution < 1.29 is 9.53 Å². The van der Waals surface area contributed by atoms with Crippen molar-refractivity contribution in [2.75, 3.05) is 7.11 Å². The summed E-state index contributed by atoms with van der Waals surface area (Å²) in [6.07, 6.45) is 11.8. The van der Waals surface area contributed by atoms with Crippen LogP contribution in [-0.2, 0) is 9.53 Å². The van der Waals surface area contributed by atoms with Gasteiger partial charge in [0, 0.05) is 31.0 Å². The molecule has 1 fully saturated rings. The van der Waals surface area contributed by atoms with Gasteiger partial charge in [-0.25, -0.2) is 0 Å². The Morgan fingerprint density at radius 2 is 2.28 bits per heavy atom. The van der Waals surface area contributed by atoms with Crippen molar-refractivity contribution in [2.24, 2.45) is 5.92 Å². The van der Waals surface area contributed by atoms with Crippen LogP contribution in [0.25, 0.3) is 0 Å². The second-order valence-corrected chi connectivity index (χ2v) is 5.08.